The third kappa shape index (κ3) is 4.88. The molecule has 5 aromatic rings. The molecule has 0 saturated heterocycles. The number of ether oxygens (including phenoxy) is 1. The largest absolute Gasteiger partial charge is 0.487 e. The van der Waals surface area contributed by atoms with E-state index in [1.165, 1.54) is 12.1 Å². The first-order valence-electron chi connectivity index (χ1n) is 10.9. The Labute approximate surface area is 206 Å². The van der Waals surface area contributed by atoms with Crippen molar-refractivity contribution in [3.8, 4) is 17.1 Å². The fourth-order valence-corrected chi connectivity index (χ4v) is 4.05. The van der Waals surface area contributed by atoms with E-state index in [4.69, 9.17) is 20.8 Å². The number of hydrogen-bond acceptors (Lipinski definition) is 5. The second-order valence-corrected chi connectivity index (χ2v) is 8.46. The molecular weight excluding hydrogens is 467 g/mol. The Morgan fingerprint density at radius 3 is 2.74 bits per heavy atom. The first-order chi connectivity index (χ1) is 17.0. The van der Waals surface area contributed by atoms with E-state index in [2.05, 4.69) is 10.3 Å². The number of anilines is 2. The summed E-state index contributed by atoms with van der Waals surface area (Å²) in [6, 6.07) is 20.9. The van der Waals surface area contributed by atoms with Crippen LogP contribution in [0, 0.1) is 12.7 Å². The molecule has 2 aromatic heterocycles. The van der Waals surface area contributed by atoms with E-state index in [-0.39, 0.29) is 18.2 Å². The molecule has 3 aromatic carbocycles. The van der Waals surface area contributed by atoms with Gasteiger partial charge in [0.15, 0.2) is 12.0 Å². The summed E-state index contributed by atoms with van der Waals surface area (Å²) in [6.07, 6.45) is 2.48. The average Bonchev–Trinajstić information content (AvgIpc) is 3.34. The Morgan fingerprint density at radius 2 is 1.97 bits per heavy atom. The maximum Gasteiger partial charge on any atom is 0.185 e. The highest BCUT2D eigenvalue weighted by atomic mass is 35.5. The summed E-state index contributed by atoms with van der Waals surface area (Å²) < 4.78 is 24.8. The van der Waals surface area contributed by atoms with Crippen LogP contribution in [0.4, 0.5) is 15.8 Å². The first kappa shape index (κ1) is 22.6. The van der Waals surface area contributed by atoms with E-state index < -0.39 is 0 Å². The van der Waals surface area contributed by atoms with Crippen LogP contribution in [0.3, 0.4) is 0 Å². The topological polar surface area (TPSA) is 64.4 Å². The van der Waals surface area contributed by atoms with Crippen LogP contribution < -0.4 is 10.1 Å². The first-order valence-corrected chi connectivity index (χ1v) is 11.3. The molecule has 0 aliphatic rings. The van der Waals surface area contributed by atoms with Gasteiger partial charge in [0.2, 0.25) is 0 Å². The standard InChI is InChI=1S/C28H20ClFN2O3/c1-17-14-31-25-8-5-19(26-10-7-22(15-33)35-26)12-23(25)28(17)32-21-6-9-27(24(29)13-21)34-16-18-3-2-4-20(30)11-18/h2-15H,16H2,1H3,(H,31,32). The number of aryl methyl sites for hydroxylation is 1. The fourth-order valence-electron chi connectivity index (χ4n) is 3.81. The number of aromatic nitrogens is 1. The van der Waals surface area contributed by atoms with E-state index in [1.54, 1.807) is 42.6 Å². The van der Waals surface area contributed by atoms with Crippen molar-refractivity contribution in [3.05, 3.63) is 107 Å². The predicted molar refractivity (Wildman–Crippen MR) is 135 cm³/mol. The van der Waals surface area contributed by atoms with Crippen LogP contribution in [-0.4, -0.2) is 11.3 Å². The van der Waals surface area contributed by atoms with Crippen molar-refractivity contribution in [1.29, 1.82) is 0 Å². The van der Waals surface area contributed by atoms with Crippen LogP contribution in [0.15, 0.2) is 83.4 Å². The minimum absolute atomic E-state index is 0.208. The summed E-state index contributed by atoms with van der Waals surface area (Å²) in [6.45, 7) is 2.18. The summed E-state index contributed by atoms with van der Waals surface area (Å²) in [4.78, 5) is 15.5. The van der Waals surface area contributed by atoms with Gasteiger partial charge < -0.3 is 14.5 Å². The summed E-state index contributed by atoms with van der Waals surface area (Å²) in [5.74, 6) is 1.07. The van der Waals surface area contributed by atoms with Crippen molar-refractivity contribution in [3.63, 3.8) is 0 Å². The van der Waals surface area contributed by atoms with Gasteiger partial charge in [0, 0.05) is 22.8 Å². The molecule has 0 aliphatic carbocycles. The smallest absolute Gasteiger partial charge is 0.185 e. The summed E-state index contributed by atoms with van der Waals surface area (Å²) in [7, 11) is 0. The number of pyridine rings is 1. The molecule has 0 saturated carbocycles. The molecule has 35 heavy (non-hydrogen) atoms. The molecule has 2 heterocycles. The summed E-state index contributed by atoms with van der Waals surface area (Å²) >= 11 is 6.48. The zero-order valence-corrected chi connectivity index (χ0v) is 19.5. The normalized spacial score (nSPS) is 10.9. The Bertz CT molecular complexity index is 1550. The van der Waals surface area contributed by atoms with E-state index >= 15 is 0 Å². The molecule has 7 heteroatoms. The van der Waals surface area contributed by atoms with Crippen molar-refractivity contribution in [2.24, 2.45) is 0 Å². The number of hydrogen-bond donors (Lipinski definition) is 1. The third-order valence-corrected chi connectivity index (χ3v) is 5.86. The molecule has 0 spiro atoms. The van der Waals surface area contributed by atoms with Crippen molar-refractivity contribution in [1.82, 2.24) is 4.98 Å². The Kier molecular flexibility index (Phi) is 6.21. The number of rotatable bonds is 7. The molecule has 174 valence electrons. The average molecular weight is 487 g/mol. The number of furan rings is 1. The molecule has 0 amide bonds. The molecule has 1 N–H and O–H groups in total. The quantitative estimate of drug-likeness (QED) is 0.238. The monoisotopic (exact) mass is 486 g/mol. The van der Waals surface area contributed by atoms with Crippen molar-refractivity contribution in [2.75, 3.05) is 5.32 Å². The molecule has 5 nitrogen and oxygen atoms in total. The predicted octanol–water partition coefficient (Wildman–Crippen LogP) is 7.73. The molecule has 0 aliphatic heterocycles. The van der Waals surface area contributed by atoms with E-state index in [9.17, 15) is 9.18 Å². The third-order valence-electron chi connectivity index (χ3n) is 5.57. The van der Waals surface area contributed by atoms with E-state index in [0.29, 0.717) is 22.8 Å². The number of benzene rings is 3. The van der Waals surface area contributed by atoms with Crippen LogP contribution in [0.1, 0.15) is 21.7 Å². The lowest BCUT2D eigenvalue weighted by Gasteiger charge is -2.15. The maximum absolute atomic E-state index is 13.4. The van der Waals surface area contributed by atoms with Gasteiger partial charge in [-0.2, -0.15) is 0 Å². The highest BCUT2D eigenvalue weighted by Crippen LogP contribution is 2.35. The van der Waals surface area contributed by atoms with Gasteiger partial charge in [-0.25, -0.2) is 4.39 Å². The molecule has 0 radical (unpaired) electrons. The maximum atomic E-state index is 13.4. The number of carbonyl (C=O) groups excluding carboxylic acids is 1. The van der Waals surface area contributed by atoms with Crippen molar-refractivity contribution < 1.29 is 18.3 Å². The van der Waals surface area contributed by atoms with Crippen LogP contribution >= 0.6 is 11.6 Å². The zero-order chi connectivity index (χ0) is 24.4. The van der Waals surface area contributed by atoms with Gasteiger partial charge >= 0.3 is 0 Å². The number of halogens is 2. The second kappa shape index (κ2) is 9.60. The van der Waals surface area contributed by atoms with Crippen LogP contribution in [0.2, 0.25) is 5.02 Å². The zero-order valence-electron chi connectivity index (χ0n) is 18.7. The Hall–Kier alpha value is -4.16. The minimum Gasteiger partial charge on any atom is -0.487 e. The van der Waals surface area contributed by atoms with Gasteiger partial charge in [-0.3, -0.25) is 9.78 Å². The number of nitrogens with one attached hydrogen (secondary N) is 1. The molecule has 0 atom stereocenters. The van der Waals surface area contributed by atoms with Gasteiger partial charge in [-0.05, 0) is 78.7 Å². The van der Waals surface area contributed by atoms with Crippen molar-refractivity contribution >= 4 is 40.2 Å². The minimum atomic E-state index is -0.309. The Morgan fingerprint density at radius 1 is 1.09 bits per heavy atom. The number of carbonyl (C=O) groups is 1. The van der Waals surface area contributed by atoms with Crippen molar-refractivity contribution in [2.45, 2.75) is 13.5 Å². The lowest BCUT2D eigenvalue weighted by molar-refractivity contribution is 0.110. The van der Waals surface area contributed by atoms with Gasteiger partial charge in [-0.15, -0.1) is 0 Å². The SMILES string of the molecule is Cc1cnc2ccc(-c3ccc(C=O)o3)cc2c1Nc1ccc(OCc2cccc(F)c2)c(Cl)c1. The van der Waals surface area contributed by atoms with E-state index in [0.717, 1.165) is 39.0 Å². The molecule has 0 fully saturated rings. The molecule has 0 unspecified atom stereocenters. The lowest BCUT2D eigenvalue weighted by Crippen LogP contribution is -1.99. The summed E-state index contributed by atoms with van der Waals surface area (Å²) in [5, 5.41) is 4.77. The second-order valence-electron chi connectivity index (χ2n) is 8.06. The highest BCUT2D eigenvalue weighted by Gasteiger charge is 2.12. The number of aldehydes is 1. The van der Waals surface area contributed by atoms with Gasteiger partial charge in [-0.1, -0.05) is 23.7 Å². The van der Waals surface area contributed by atoms with Gasteiger partial charge in [0.1, 0.15) is 23.9 Å². The fraction of sp³-hybridized carbons (Fsp3) is 0.0714. The molecule has 5 rings (SSSR count). The highest BCUT2D eigenvalue weighted by molar-refractivity contribution is 6.32. The molecular formula is C28H20ClFN2O3. The van der Waals surface area contributed by atoms with Crippen LogP contribution in [-0.2, 0) is 6.61 Å². The van der Waals surface area contributed by atoms with Crippen LogP contribution in [0.5, 0.6) is 5.75 Å². The summed E-state index contributed by atoms with van der Waals surface area (Å²) in [5.41, 5.74) is 4.96. The van der Waals surface area contributed by atoms with E-state index in [1.807, 2.05) is 31.2 Å². The van der Waals surface area contributed by atoms with Gasteiger partial charge in [0.25, 0.3) is 0 Å². The number of nitrogens with zero attached hydrogens (tertiary/aromatic N) is 1. The lowest BCUT2D eigenvalue weighted by atomic mass is 10.1. The molecule has 0 bridgehead atoms. The van der Waals surface area contributed by atoms with Crippen LogP contribution in [0.25, 0.3) is 22.2 Å². The number of fused-ring (bicyclic) bond motifs is 1. The Balaban J connectivity index is 1.42. The van der Waals surface area contributed by atoms with Gasteiger partial charge in [0.05, 0.1) is 16.2 Å².